The number of rotatable bonds is 6. The molecule has 2 saturated heterocycles. The van der Waals surface area contributed by atoms with E-state index >= 15 is 0 Å². The Balaban J connectivity index is 1.42. The first-order chi connectivity index (χ1) is 8.45. The maximum absolute atomic E-state index is 5.76. The average molecular weight is 240 g/mol. The molecule has 2 rings (SSSR count). The summed E-state index contributed by atoms with van der Waals surface area (Å²) in [6.07, 6.45) is 9.47. The van der Waals surface area contributed by atoms with E-state index in [2.05, 4.69) is 10.2 Å². The van der Waals surface area contributed by atoms with Gasteiger partial charge in [0.15, 0.2) is 0 Å². The number of hydrogen-bond acceptors (Lipinski definition) is 3. The van der Waals surface area contributed by atoms with Crippen LogP contribution in [0.4, 0.5) is 0 Å². The van der Waals surface area contributed by atoms with E-state index in [1.807, 2.05) is 0 Å². The summed E-state index contributed by atoms with van der Waals surface area (Å²) >= 11 is 0. The van der Waals surface area contributed by atoms with Gasteiger partial charge in [0.05, 0.1) is 6.61 Å². The number of nitrogens with one attached hydrogen (secondary N) is 1. The van der Waals surface area contributed by atoms with E-state index in [-0.39, 0.29) is 0 Å². The molecule has 0 aromatic carbocycles. The van der Waals surface area contributed by atoms with Gasteiger partial charge in [-0.15, -0.1) is 0 Å². The summed E-state index contributed by atoms with van der Waals surface area (Å²) < 4.78 is 5.76. The molecule has 1 unspecified atom stereocenters. The summed E-state index contributed by atoms with van der Waals surface area (Å²) in [4.78, 5) is 2.54. The predicted molar refractivity (Wildman–Crippen MR) is 71.4 cm³/mol. The fraction of sp³-hybridized carbons (Fsp3) is 1.00. The fourth-order valence-electron chi connectivity index (χ4n) is 2.87. The summed E-state index contributed by atoms with van der Waals surface area (Å²) in [7, 11) is 0. The standard InChI is InChI=1S/C14H28N2O/c1-4-9-16(10-5-1)11-13-17-12-7-14-6-2-3-8-15-14/h14-15H,1-13H2. The molecule has 100 valence electrons. The van der Waals surface area contributed by atoms with Gasteiger partial charge >= 0.3 is 0 Å². The number of nitrogens with zero attached hydrogens (tertiary/aromatic N) is 1. The molecule has 0 amide bonds. The molecule has 0 aromatic rings. The molecule has 0 bridgehead atoms. The van der Waals surface area contributed by atoms with E-state index in [0.717, 1.165) is 25.8 Å². The summed E-state index contributed by atoms with van der Waals surface area (Å²) in [6, 6.07) is 0.721. The van der Waals surface area contributed by atoms with Crippen molar-refractivity contribution in [3.05, 3.63) is 0 Å². The van der Waals surface area contributed by atoms with Gasteiger partial charge in [-0.3, -0.25) is 0 Å². The van der Waals surface area contributed by atoms with Gasteiger partial charge in [-0.05, 0) is 51.7 Å². The van der Waals surface area contributed by atoms with E-state index in [9.17, 15) is 0 Å². The lowest BCUT2D eigenvalue weighted by Gasteiger charge is -2.26. The van der Waals surface area contributed by atoms with Crippen LogP contribution in [0.25, 0.3) is 0 Å². The summed E-state index contributed by atoms with van der Waals surface area (Å²) in [6.45, 7) is 6.77. The molecule has 2 aliphatic rings. The quantitative estimate of drug-likeness (QED) is 0.719. The van der Waals surface area contributed by atoms with Crippen molar-refractivity contribution in [1.82, 2.24) is 10.2 Å². The normalized spacial score (nSPS) is 27.2. The van der Waals surface area contributed by atoms with Crippen LogP contribution >= 0.6 is 0 Å². The van der Waals surface area contributed by atoms with Crippen molar-refractivity contribution in [3.8, 4) is 0 Å². The molecule has 0 spiro atoms. The fourth-order valence-corrected chi connectivity index (χ4v) is 2.87. The van der Waals surface area contributed by atoms with E-state index in [1.54, 1.807) is 0 Å². The molecular formula is C14H28N2O. The molecule has 0 aliphatic carbocycles. The number of ether oxygens (including phenoxy) is 1. The smallest absolute Gasteiger partial charge is 0.0593 e. The number of piperidine rings is 2. The molecule has 0 saturated carbocycles. The van der Waals surface area contributed by atoms with Crippen LogP contribution in [0, 0.1) is 0 Å². The van der Waals surface area contributed by atoms with Crippen LogP contribution in [-0.4, -0.2) is 50.3 Å². The first kappa shape index (κ1) is 13.3. The highest BCUT2D eigenvalue weighted by Crippen LogP contribution is 2.10. The van der Waals surface area contributed by atoms with Crippen molar-refractivity contribution >= 4 is 0 Å². The third-order valence-electron chi connectivity index (χ3n) is 4.02. The number of hydrogen-bond donors (Lipinski definition) is 1. The third kappa shape index (κ3) is 5.36. The van der Waals surface area contributed by atoms with Gasteiger partial charge in [0.2, 0.25) is 0 Å². The zero-order valence-corrected chi connectivity index (χ0v) is 11.1. The Hall–Kier alpha value is -0.120. The van der Waals surface area contributed by atoms with Crippen LogP contribution in [0.15, 0.2) is 0 Å². The minimum Gasteiger partial charge on any atom is -0.380 e. The van der Waals surface area contributed by atoms with Gasteiger partial charge in [0.1, 0.15) is 0 Å². The highest BCUT2D eigenvalue weighted by molar-refractivity contribution is 4.71. The molecule has 2 heterocycles. The van der Waals surface area contributed by atoms with Crippen molar-refractivity contribution in [2.24, 2.45) is 0 Å². The predicted octanol–water partition coefficient (Wildman–Crippen LogP) is 2.02. The second-order valence-electron chi connectivity index (χ2n) is 5.45. The highest BCUT2D eigenvalue weighted by atomic mass is 16.5. The van der Waals surface area contributed by atoms with E-state index in [0.29, 0.717) is 0 Å². The van der Waals surface area contributed by atoms with E-state index in [1.165, 1.54) is 64.6 Å². The van der Waals surface area contributed by atoms with Gasteiger partial charge in [0, 0.05) is 19.2 Å². The van der Waals surface area contributed by atoms with Crippen molar-refractivity contribution < 1.29 is 4.74 Å². The molecule has 0 aromatic heterocycles. The van der Waals surface area contributed by atoms with E-state index in [4.69, 9.17) is 4.74 Å². The molecule has 2 fully saturated rings. The Labute approximate surface area is 106 Å². The maximum Gasteiger partial charge on any atom is 0.0593 e. The Morgan fingerprint density at radius 1 is 1.00 bits per heavy atom. The third-order valence-corrected chi connectivity index (χ3v) is 4.02. The molecule has 1 atom stereocenters. The summed E-state index contributed by atoms with van der Waals surface area (Å²) in [5.41, 5.74) is 0. The zero-order valence-electron chi connectivity index (χ0n) is 11.1. The lowest BCUT2D eigenvalue weighted by atomic mass is 10.0. The lowest BCUT2D eigenvalue weighted by Crippen LogP contribution is -2.35. The van der Waals surface area contributed by atoms with Crippen molar-refractivity contribution in [3.63, 3.8) is 0 Å². The van der Waals surface area contributed by atoms with Crippen molar-refractivity contribution in [2.45, 2.75) is 51.0 Å². The zero-order chi connectivity index (χ0) is 11.8. The Morgan fingerprint density at radius 3 is 2.65 bits per heavy atom. The molecule has 3 nitrogen and oxygen atoms in total. The Bertz CT molecular complexity index is 167. The van der Waals surface area contributed by atoms with Crippen LogP contribution < -0.4 is 5.32 Å². The first-order valence-electron chi connectivity index (χ1n) is 7.48. The van der Waals surface area contributed by atoms with Crippen LogP contribution in [0.2, 0.25) is 0 Å². The van der Waals surface area contributed by atoms with Crippen LogP contribution in [0.5, 0.6) is 0 Å². The molecule has 1 N–H and O–H groups in total. The monoisotopic (exact) mass is 240 g/mol. The second kappa shape index (κ2) is 8.06. The van der Waals surface area contributed by atoms with Gasteiger partial charge in [-0.2, -0.15) is 0 Å². The number of likely N-dealkylation sites (tertiary alicyclic amines) is 1. The van der Waals surface area contributed by atoms with E-state index < -0.39 is 0 Å². The molecular weight excluding hydrogens is 212 g/mol. The van der Waals surface area contributed by atoms with Gasteiger partial charge in [0.25, 0.3) is 0 Å². The van der Waals surface area contributed by atoms with Crippen molar-refractivity contribution in [2.75, 3.05) is 39.4 Å². The summed E-state index contributed by atoms with van der Waals surface area (Å²) in [5, 5.41) is 3.57. The topological polar surface area (TPSA) is 24.5 Å². The second-order valence-corrected chi connectivity index (χ2v) is 5.45. The molecule has 0 radical (unpaired) electrons. The lowest BCUT2D eigenvalue weighted by molar-refractivity contribution is 0.0885. The maximum atomic E-state index is 5.76. The highest BCUT2D eigenvalue weighted by Gasteiger charge is 2.12. The van der Waals surface area contributed by atoms with Gasteiger partial charge in [-0.25, -0.2) is 0 Å². The minimum absolute atomic E-state index is 0.721. The van der Waals surface area contributed by atoms with Gasteiger partial charge < -0.3 is 15.0 Å². The Kier molecular flexibility index (Phi) is 6.32. The average Bonchev–Trinajstić information content (AvgIpc) is 2.41. The Morgan fingerprint density at radius 2 is 1.88 bits per heavy atom. The van der Waals surface area contributed by atoms with Crippen molar-refractivity contribution in [1.29, 1.82) is 0 Å². The largest absolute Gasteiger partial charge is 0.380 e. The van der Waals surface area contributed by atoms with Crippen LogP contribution in [-0.2, 0) is 4.74 Å². The van der Waals surface area contributed by atoms with Gasteiger partial charge in [-0.1, -0.05) is 12.8 Å². The van der Waals surface area contributed by atoms with Crippen LogP contribution in [0.3, 0.4) is 0 Å². The SMILES string of the molecule is C1CCN(CCOCCC2CCCCN2)CC1. The molecule has 2 aliphatic heterocycles. The summed E-state index contributed by atoms with van der Waals surface area (Å²) in [5.74, 6) is 0. The minimum atomic E-state index is 0.721. The molecule has 17 heavy (non-hydrogen) atoms. The van der Waals surface area contributed by atoms with Crippen LogP contribution in [0.1, 0.15) is 44.9 Å². The first-order valence-corrected chi connectivity index (χ1v) is 7.48. The molecule has 3 heteroatoms.